The van der Waals surface area contributed by atoms with Gasteiger partial charge in [-0.1, -0.05) is 36.4 Å². The first-order valence-corrected chi connectivity index (χ1v) is 7.74. The van der Waals surface area contributed by atoms with Crippen LogP contribution >= 0.6 is 0 Å². The van der Waals surface area contributed by atoms with Crippen LogP contribution in [0.1, 0.15) is 11.6 Å². The maximum atomic E-state index is 3.54. The minimum Gasteiger partial charge on any atom is -0.312 e. The monoisotopic (exact) mass is 283 g/mol. The van der Waals surface area contributed by atoms with Gasteiger partial charge in [-0.25, -0.2) is 0 Å². The Morgan fingerprint density at radius 2 is 1.81 bits per heavy atom. The van der Waals surface area contributed by atoms with Crippen LogP contribution in [0, 0.1) is 0 Å². The van der Waals surface area contributed by atoms with Gasteiger partial charge in [-0.05, 0) is 43.5 Å². The summed E-state index contributed by atoms with van der Waals surface area (Å²) in [6, 6.07) is 16.3. The molecular weight excluding hydrogens is 258 g/mol. The molecule has 0 bridgehead atoms. The molecule has 2 atom stereocenters. The van der Waals surface area contributed by atoms with Crippen molar-refractivity contribution in [3.8, 4) is 0 Å². The fourth-order valence-electron chi connectivity index (χ4n) is 3.39. The van der Waals surface area contributed by atoms with Crippen LogP contribution in [0.25, 0.3) is 10.8 Å². The van der Waals surface area contributed by atoms with E-state index >= 15 is 0 Å². The van der Waals surface area contributed by atoms with Gasteiger partial charge in [0.15, 0.2) is 0 Å². The van der Waals surface area contributed by atoms with Gasteiger partial charge < -0.3 is 10.2 Å². The van der Waals surface area contributed by atoms with E-state index in [9.17, 15) is 0 Å². The molecule has 0 aromatic heterocycles. The van der Waals surface area contributed by atoms with Crippen molar-refractivity contribution in [2.24, 2.45) is 0 Å². The summed E-state index contributed by atoms with van der Waals surface area (Å²) < 4.78 is 0. The molecular formula is C18H25N3. The van der Waals surface area contributed by atoms with Gasteiger partial charge in [-0.2, -0.15) is 0 Å². The smallest absolute Gasteiger partial charge is 0.0488 e. The fourth-order valence-corrected chi connectivity index (χ4v) is 3.39. The Morgan fingerprint density at radius 1 is 1.05 bits per heavy atom. The van der Waals surface area contributed by atoms with Crippen molar-refractivity contribution >= 4 is 10.8 Å². The van der Waals surface area contributed by atoms with Crippen LogP contribution in [0.15, 0.2) is 42.5 Å². The summed E-state index contributed by atoms with van der Waals surface area (Å²) in [4.78, 5) is 4.91. The molecule has 1 heterocycles. The molecule has 2 unspecified atom stereocenters. The number of nitrogens with one attached hydrogen (secondary N) is 1. The van der Waals surface area contributed by atoms with E-state index in [0.717, 1.165) is 19.6 Å². The van der Waals surface area contributed by atoms with Crippen LogP contribution in [0.5, 0.6) is 0 Å². The molecule has 1 saturated heterocycles. The molecule has 0 aliphatic carbocycles. The second-order valence-corrected chi connectivity index (χ2v) is 6.18. The van der Waals surface area contributed by atoms with E-state index in [0.29, 0.717) is 12.1 Å². The lowest BCUT2D eigenvalue weighted by atomic mass is 9.94. The largest absolute Gasteiger partial charge is 0.312 e. The molecule has 3 rings (SSSR count). The summed E-state index contributed by atoms with van der Waals surface area (Å²) in [5, 5.41) is 6.17. The highest BCUT2D eigenvalue weighted by Crippen LogP contribution is 2.26. The van der Waals surface area contributed by atoms with Crippen LogP contribution < -0.4 is 5.32 Å². The Balaban J connectivity index is 1.93. The van der Waals surface area contributed by atoms with E-state index in [2.05, 4.69) is 78.7 Å². The molecule has 112 valence electrons. The Kier molecular flexibility index (Phi) is 4.24. The van der Waals surface area contributed by atoms with Crippen LogP contribution in [0.3, 0.4) is 0 Å². The van der Waals surface area contributed by atoms with E-state index in [4.69, 9.17) is 0 Å². The van der Waals surface area contributed by atoms with Crippen LogP contribution in [0.4, 0.5) is 0 Å². The SMILES string of the molecule is CNC(c1ccc2ccccc2c1)C1CN(C)CCN1C. The Labute approximate surface area is 127 Å². The molecule has 1 N–H and O–H groups in total. The molecule has 0 amide bonds. The van der Waals surface area contributed by atoms with E-state index in [1.165, 1.54) is 16.3 Å². The molecule has 1 fully saturated rings. The van der Waals surface area contributed by atoms with Crippen LogP contribution in [-0.4, -0.2) is 56.6 Å². The van der Waals surface area contributed by atoms with Crippen molar-refractivity contribution in [1.29, 1.82) is 0 Å². The minimum absolute atomic E-state index is 0.363. The zero-order chi connectivity index (χ0) is 14.8. The van der Waals surface area contributed by atoms with Gasteiger partial charge in [-0.15, -0.1) is 0 Å². The average Bonchev–Trinajstić information content (AvgIpc) is 2.51. The molecule has 2 aromatic rings. The Bertz CT molecular complexity index is 610. The zero-order valence-corrected chi connectivity index (χ0v) is 13.2. The van der Waals surface area contributed by atoms with E-state index in [1.807, 2.05) is 0 Å². The maximum Gasteiger partial charge on any atom is 0.0488 e. The lowest BCUT2D eigenvalue weighted by molar-refractivity contribution is 0.0897. The van der Waals surface area contributed by atoms with Gasteiger partial charge in [0.05, 0.1) is 0 Å². The highest BCUT2D eigenvalue weighted by molar-refractivity contribution is 5.83. The van der Waals surface area contributed by atoms with Gasteiger partial charge in [0.25, 0.3) is 0 Å². The second kappa shape index (κ2) is 6.14. The predicted octanol–water partition coefficient (Wildman–Crippen LogP) is 2.35. The standard InChI is InChI=1S/C18H25N3/c1-19-18(17-13-20(2)10-11-21(17)3)16-9-8-14-6-4-5-7-15(14)12-16/h4-9,12,17-19H,10-11,13H2,1-3H3. The predicted molar refractivity (Wildman–Crippen MR) is 89.7 cm³/mol. The van der Waals surface area contributed by atoms with Crippen LogP contribution in [0.2, 0.25) is 0 Å². The Hall–Kier alpha value is -1.42. The minimum atomic E-state index is 0.363. The summed E-state index contributed by atoms with van der Waals surface area (Å²) in [5.74, 6) is 0. The molecule has 1 aliphatic heterocycles. The van der Waals surface area contributed by atoms with Crippen molar-refractivity contribution in [2.75, 3.05) is 40.8 Å². The number of likely N-dealkylation sites (N-methyl/N-ethyl adjacent to an activating group) is 3. The summed E-state index contributed by atoms with van der Waals surface area (Å²) in [5.41, 5.74) is 1.38. The van der Waals surface area contributed by atoms with Gasteiger partial charge in [-0.3, -0.25) is 4.90 Å². The number of fused-ring (bicyclic) bond motifs is 1. The fraction of sp³-hybridized carbons (Fsp3) is 0.444. The molecule has 1 aliphatic rings. The molecule has 3 nitrogen and oxygen atoms in total. The van der Waals surface area contributed by atoms with E-state index in [1.54, 1.807) is 0 Å². The highest BCUT2D eigenvalue weighted by atomic mass is 15.3. The van der Waals surface area contributed by atoms with E-state index < -0.39 is 0 Å². The third-order valence-electron chi connectivity index (χ3n) is 4.73. The van der Waals surface area contributed by atoms with Crippen LogP contribution in [-0.2, 0) is 0 Å². The van der Waals surface area contributed by atoms with Crippen molar-refractivity contribution in [3.05, 3.63) is 48.0 Å². The Morgan fingerprint density at radius 3 is 2.57 bits per heavy atom. The zero-order valence-electron chi connectivity index (χ0n) is 13.2. The molecule has 0 saturated carbocycles. The third kappa shape index (κ3) is 2.95. The number of rotatable bonds is 3. The van der Waals surface area contributed by atoms with Gasteiger partial charge in [0.1, 0.15) is 0 Å². The van der Waals surface area contributed by atoms with Gasteiger partial charge in [0, 0.05) is 31.7 Å². The number of benzene rings is 2. The first-order chi connectivity index (χ1) is 10.2. The summed E-state index contributed by atoms with van der Waals surface area (Å²) in [6.45, 7) is 3.39. The highest BCUT2D eigenvalue weighted by Gasteiger charge is 2.29. The first kappa shape index (κ1) is 14.5. The first-order valence-electron chi connectivity index (χ1n) is 7.74. The molecule has 3 heteroatoms. The lowest BCUT2D eigenvalue weighted by Crippen LogP contribution is -2.54. The molecule has 0 spiro atoms. The summed E-state index contributed by atoms with van der Waals surface area (Å²) in [6.07, 6.45) is 0. The van der Waals surface area contributed by atoms with Gasteiger partial charge in [0.2, 0.25) is 0 Å². The molecule has 2 aromatic carbocycles. The maximum absolute atomic E-state index is 3.54. The molecule has 21 heavy (non-hydrogen) atoms. The summed E-state index contributed by atoms with van der Waals surface area (Å²) in [7, 11) is 6.53. The normalized spacial score (nSPS) is 22.5. The van der Waals surface area contributed by atoms with Crippen molar-refractivity contribution < 1.29 is 0 Å². The lowest BCUT2D eigenvalue weighted by Gasteiger charge is -2.42. The number of hydrogen-bond donors (Lipinski definition) is 1. The van der Waals surface area contributed by atoms with E-state index in [-0.39, 0.29) is 0 Å². The third-order valence-corrected chi connectivity index (χ3v) is 4.73. The number of nitrogens with zero attached hydrogens (tertiary/aromatic N) is 2. The van der Waals surface area contributed by atoms with Crippen molar-refractivity contribution in [1.82, 2.24) is 15.1 Å². The van der Waals surface area contributed by atoms with Crippen molar-refractivity contribution in [2.45, 2.75) is 12.1 Å². The van der Waals surface area contributed by atoms with Gasteiger partial charge >= 0.3 is 0 Å². The number of hydrogen-bond acceptors (Lipinski definition) is 3. The summed E-state index contributed by atoms with van der Waals surface area (Å²) >= 11 is 0. The second-order valence-electron chi connectivity index (χ2n) is 6.18. The van der Waals surface area contributed by atoms with Crippen molar-refractivity contribution in [3.63, 3.8) is 0 Å². The topological polar surface area (TPSA) is 18.5 Å². The average molecular weight is 283 g/mol. The quantitative estimate of drug-likeness (QED) is 0.933. The molecule has 0 radical (unpaired) electrons. The number of piperazine rings is 1.